The molecule has 3 nitrogen and oxygen atoms in total. The van der Waals surface area contributed by atoms with Crippen LogP contribution in [0.5, 0.6) is 5.75 Å². The van der Waals surface area contributed by atoms with E-state index < -0.39 is 6.93 Å². The fourth-order valence-electron chi connectivity index (χ4n) is 4.78. The minimum atomic E-state index is -1.75. The zero-order valence-electron chi connectivity index (χ0n) is 22.1. The topological polar surface area (TPSA) is 28.3 Å². The van der Waals surface area contributed by atoms with Gasteiger partial charge in [-0.15, -0.1) is 0 Å². The van der Waals surface area contributed by atoms with Crippen molar-refractivity contribution in [3.63, 3.8) is 0 Å². The fourth-order valence-corrected chi connectivity index (χ4v) is 4.96. The highest BCUT2D eigenvalue weighted by molar-refractivity contribution is 6.31. The van der Waals surface area contributed by atoms with Crippen LogP contribution in [-0.2, 0) is 6.54 Å². The highest BCUT2D eigenvalue weighted by Gasteiger charge is 2.20. The second-order valence-electron chi connectivity index (χ2n) is 9.35. The van der Waals surface area contributed by atoms with Gasteiger partial charge in [-0.3, -0.25) is 4.90 Å². The molecule has 0 fully saturated rings. The zero-order chi connectivity index (χ0) is 28.2. The third-order valence-electron chi connectivity index (χ3n) is 6.68. The highest BCUT2D eigenvalue weighted by atomic mass is 35.5. The molecule has 208 valence electrons. The van der Waals surface area contributed by atoms with Crippen LogP contribution in [-0.4, -0.2) is 36.5 Å². The van der Waals surface area contributed by atoms with Crippen LogP contribution in [0.25, 0.3) is 10.9 Å². The fraction of sp³-hybridized carbons (Fsp3) is 0.212. The predicted octanol–water partition coefficient (Wildman–Crippen LogP) is 8.95. The molecule has 0 bridgehead atoms. The third kappa shape index (κ3) is 8.13. The largest absolute Gasteiger partial charge is 0.494 e. The maximum atomic E-state index is 14.2. The van der Waals surface area contributed by atoms with Crippen LogP contribution in [0.15, 0.2) is 109 Å². The molecule has 7 heteroatoms. The van der Waals surface area contributed by atoms with Crippen molar-refractivity contribution in [1.29, 1.82) is 0 Å². The summed E-state index contributed by atoms with van der Waals surface area (Å²) in [6, 6.07) is 34.2. The Morgan fingerprint density at radius 2 is 1.50 bits per heavy atom. The average molecular weight is 565 g/mol. The minimum Gasteiger partial charge on any atom is -0.494 e. The first-order chi connectivity index (χ1) is 19.6. The number of hydrogen-bond donors (Lipinski definition) is 1. The van der Waals surface area contributed by atoms with Crippen molar-refractivity contribution in [1.82, 2.24) is 9.88 Å². The lowest BCUT2D eigenvalue weighted by Crippen LogP contribution is -2.31. The molecule has 0 radical (unpaired) electrons. The average Bonchev–Trinajstić information content (AvgIpc) is 3.45. The Hall–Kier alpha value is -3.74. The van der Waals surface area contributed by atoms with E-state index in [9.17, 15) is 13.2 Å². The Morgan fingerprint density at radius 3 is 2.17 bits per heavy atom. The molecule has 1 heterocycles. The monoisotopic (exact) mass is 564 g/mol. The van der Waals surface area contributed by atoms with Crippen molar-refractivity contribution >= 4 is 22.5 Å². The molecule has 4 aromatic carbocycles. The molecule has 0 aliphatic carbocycles. The number of hydrogen-bond acceptors (Lipinski definition) is 2. The molecule has 5 rings (SSSR count). The van der Waals surface area contributed by atoms with Crippen molar-refractivity contribution in [2.45, 2.75) is 18.9 Å². The Labute approximate surface area is 238 Å². The van der Waals surface area contributed by atoms with Gasteiger partial charge in [-0.05, 0) is 53.4 Å². The van der Waals surface area contributed by atoms with E-state index in [-0.39, 0.29) is 16.8 Å². The summed E-state index contributed by atoms with van der Waals surface area (Å²) in [6.45, 7) is 0.957. The molecule has 5 aromatic rings. The van der Waals surface area contributed by atoms with Crippen LogP contribution in [0.2, 0.25) is 5.02 Å². The second-order valence-corrected chi connectivity index (χ2v) is 9.73. The predicted molar refractivity (Wildman–Crippen MR) is 157 cm³/mol. The summed E-state index contributed by atoms with van der Waals surface area (Å²) in [5.41, 5.74) is 4.39. The van der Waals surface area contributed by atoms with Gasteiger partial charge in [-0.2, -0.15) is 0 Å². The van der Waals surface area contributed by atoms with E-state index in [1.54, 1.807) is 6.07 Å². The molecular weight excluding hydrogens is 533 g/mol. The second kappa shape index (κ2) is 15.2. The molecule has 1 aromatic heterocycles. The summed E-state index contributed by atoms with van der Waals surface area (Å²) < 4.78 is 39.6. The minimum absolute atomic E-state index is 0.173. The molecule has 0 spiro atoms. The molecule has 0 aliphatic rings. The number of halogens is 4. The Kier molecular flexibility index (Phi) is 11.1. The van der Waals surface area contributed by atoms with E-state index >= 15 is 0 Å². The number of alkyl halides is 2. The van der Waals surface area contributed by atoms with Crippen molar-refractivity contribution in [3.05, 3.63) is 137 Å². The Bertz CT molecular complexity index is 1410. The quantitative estimate of drug-likeness (QED) is 0.162. The molecule has 0 saturated carbocycles. The number of nitrogens with zero attached hydrogens (tertiary/aromatic N) is 1. The Balaban J connectivity index is 0.00000118. The van der Waals surface area contributed by atoms with Gasteiger partial charge >= 0.3 is 0 Å². The van der Waals surface area contributed by atoms with Crippen molar-refractivity contribution in [3.8, 4) is 5.75 Å². The van der Waals surface area contributed by atoms with Gasteiger partial charge in [0.05, 0.1) is 11.6 Å². The number of aromatic amines is 1. The number of ether oxygens (including phenoxy) is 1. The van der Waals surface area contributed by atoms with Gasteiger partial charge in [-0.1, -0.05) is 84.4 Å². The number of aromatic nitrogens is 1. The number of rotatable bonds is 11. The lowest BCUT2D eigenvalue weighted by molar-refractivity contribution is 0.223. The Morgan fingerprint density at radius 1 is 0.825 bits per heavy atom. The third-order valence-corrected chi connectivity index (χ3v) is 7.11. The first-order valence-electron chi connectivity index (χ1n) is 13.2. The SMILES string of the molecule is FCF.Fc1cccc(CN(CCCOc2ccc3[nH]ccc3c2)CC(c2ccccc2)c2ccccc2)c1Cl. The van der Waals surface area contributed by atoms with E-state index in [1.807, 2.05) is 42.6 Å². The normalized spacial score (nSPS) is 11.1. The van der Waals surface area contributed by atoms with Gasteiger partial charge in [-0.25, -0.2) is 13.2 Å². The summed E-state index contributed by atoms with van der Waals surface area (Å²) in [5.74, 6) is 0.648. The number of H-pyrrole nitrogens is 1. The van der Waals surface area contributed by atoms with E-state index in [0.29, 0.717) is 13.2 Å². The maximum absolute atomic E-state index is 14.2. The molecule has 1 N–H and O–H groups in total. The van der Waals surface area contributed by atoms with Crippen LogP contribution < -0.4 is 4.74 Å². The molecular formula is C33H32ClF3N2O. The summed E-state index contributed by atoms with van der Waals surface area (Å²) in [4.78, 5) is 5.56. The molecule has 0 saturated heterocycles. The molecule has 40 heavy (non-hydrogen) atoms. The van der Waals surface area contributed by atoms with E-state index in [0.717, 1.165) is 41.7 Å². The van der Waals surface area contributed by atoms with Crippen LogP contribution in [0.1, 0.15) is 29.0 Å². The summed E-state index contributed by atoms with van der Waals surface area (Å²) in [7, 11) is 0. The summed E-state index contributed by atoms with van der Waals surface area (Å²) in [6.07, 6.45) is 2.76. The molecule has 0 amide bonds. The van der Waals surface area contributed by atoms with Crippen molar-refractivity contribution < 1.29 is 17.9 Å². The van der Waals surface area contributed by atoms with Gasteiger partial charge in [0.1, 0.15) is 11.6 Å². The smallest absolute Gasteiger partial charge is 0.229 e. The van der Waals surface area contributed by atoms with Crippen molar-refractivity contribution in [2.24, 2.45) is 0 Å². The molecule has 0 atom stereocenters. The van der Waals surface area contributed by atoms with Gasteiger partial charge in [0.15, 0.2) is 0 Å². The first kappa shape index (κ1) is 29.2. The maximum Gasteiger partial charge on any atom is 0.229 e. The van der Waals surface area contributed by atoms with Gasteiger partial charge < -0.3 is 9.72 Å². The van der Waals surface area contributed by atoms with Crippen LogP contribution in [0, 0.1) is 5.82 Å². The van der Waals surface area contributed by atoms with Gasteiger partial charge in [0.25, 0.3) is 0 Å². The van der Waals surface area contributed by atoms with E-state index in [4.69, 9.17) is 16.3 Å². The number of nitrogens with one attached hydrogen (secondary N) is 1. The number of fused-ring (bicyclic) bond motifs is 1. The first-order valence-corrected chi connectivity index (χ1v) is 13.5. The van der Waals surface area contributed by atoms with Crippen LogP contribution in [0.4, 0.5) is 13.2 Å². The summed E-state index contributed by atoms with van der Waals surface area (Å²) >= 11 is 6.36. The zero-order valence-corrected chi connectivity index (χ0v) is 22.8. The standard InChI is InChI=1S/C32H30ClFN2O.CH2F2/c33-32-27(13-7-14-30(32)34)22-36(19-8-20-37-28-15-16-31-26(21-28)17-18-35-31)23-29(24-9-3-1-4-10-24)25-11-5-2-6-12-25;2-1-3/h1-7,9-18,21,29,35H,8,19-20,22-23H2;1H2. The van der Waals surface area contributed by atoms with Gasteiger partial charge in [0, 0.05) is 42.7 Å². The highest BCUT2D eigenvalue weighted by Crippen LogP contribution is 2.28. The summed E-state index contributed by atoms with van der Waals surface area (Å²) in [5, 5.41) is 1.33. The lowest BCUT2D eigenvalue weighted by Gasteiger charge is -2.29. The molecule has 0 aliphatic heterocycles. The van der Waals surface area contributed by atoms with E-state index in [1.165, 1.54) is 17.2 Å². The van der Waals surface area contributed by atoms with Crippen LogP contribution >= 0.6 is 11.6 Å². The van der Waals surface area contributed by atoms with Crippen molar-refractivity contribution in [2.75, 3.05) is 26.6 Å². The van der Waals surface area contributed by atoms with Gasteiger partial charge in [0.2, 0.25) is 6.93 Å². The molecule has 0 unspecified atom stereocenters. The van der Waals surface area contributed by atoms with Crippen LogP contribution in [0.3, 0.4) is 0 Å². The number of benzene rings is 4. The lowest BCUT2D eigenvalue weighted by atomic mass is 9.90. The van der Waals surface area contributed by atoms with E-state index in [2.05, 4.69) is 64.5 Å².